The van der Waals surface area contributed by atoms with E-state index in [9.17, 15) is 9.59 Å². The first-order chi connectivity index (χ1) is 14.7. The second kappa shape index (κ2) is 9.60. The number of ether oxygens (including phenoxy) is 1. The highest BCUT2D eigenvalue weighted by Crippen LogP contribution is 2.46. The van der Waals surface area contributed by atoms with Crippen molar-refractivity contribution >= 4 is 23.5 Å². The average molecular weight is 443 g/mol. The molecule has 0 spiro atoms. The van der Waals surface area contributed by atoms with Crippen LogP contribution in [0.1, 0.15) is 91.9 Å². The molecule has 0 amide bonds. The van der Waals surface area contributed by atoms with Gasteiger partial charge in [-0.25, -0.2) is 4.68 Å². The van der Waals surface area contributed by atoms with E-state index in [4.69, 9.17) is 4.74 Å². The average Bonchev–Trinajstić information content (AvgIpc) is 3.07. The lowest BCUT2D eigenvalue weighted by atomic mass is 9.77. The molecule has 0 bridgehead atoms. The van der Waals surface area contributed by atoms with Gasteiger partial charge in [-0.15, -0.1) is 11.8 Å². The molecule has 31 heavy (non-hydrogen) atoms. The molecule has 1 aromatic heterocycles. The van der Waals surface area contributed by atoms with E-state index < -0.39 is 0 Å². The quantitative estimate of drug-likeness (QED) is 0.289. The number of nitrogens with zero attached hydrogens (tertiary/aromatic N) is 2. The second-order valence-electron chi connectivity index (χ2n) is 9.15. The van der Waals surface area contributed by atoms with Gasteiger partial charge in [0.15, 0.2) is 5.78 Å². The standard InChI is InChI=1S/C25H34N2O3S/c1-7-8-9-10-11-20(28)30-24-19(15-26-27(24)6)22(29)18-14-16(2)23-21(17(18)3)25(4,5)12-13-31-23/h14-15H,7-13H2,1-6H3. The summed E-state index contributed by atoms with van der Waals surface area (Å²) in [6.07, 6.45) is 6.96. The van der Waals surface area contributed by atoms with Crippen molar-refractivity contribution in [2.75, 3.05) is 5.75 Å². The third-order valence-electron chi connectivity index (χ3n) is 6.19. The molecular weight excluding hydrogens is 408 g/mol. The number of ketones is 1. The highest BCUT2D eigenvalue weighted by atomic mass is 32.2. The summed E-state index contributed by atoms with van der Waals surface area (Å²) in [5.41, 5.74) is 4.44. The Morgan fingerprint density at radius 2 is 1.94 bits per heavy atom. The zero-order chi connectivity index (χ0) is 22.8. The molecule has 0 atom stereocenters. The number of thioether (sulfide) groups is 1. The molecule has 1 aliphatic rings. The van der Waals surface area contributed by atoms with E-state index >= 15 is 0 Å². The number of hydrogen-bond acceptors (Lipinski definition) is 5. The van der Waals surface area contributed by atoms with Crippen molar-refractivity contribution in [3.8, 4) is 5.88 Å². The molecule has 3 rings (SSSR count). The van der Waals surface area contributed by atoms with Crippen LogP contribution in [0.3, 0.4) is 0 Å². The number of carbonyl (C=O) groups excluding carboxylic acids is 2. The molecule has 0 saturated carbocycles. The Balaban J connectivity index is 1.91. The van der Waals surface area contributed by atoms with E-state index in [0.717, 1.165) is 49.0 Å². The van der Waals surface area contributed by atoms with Crippen molar-refractivity contribution in [3.05, 3.63) is 40.1 Å². The number of fused-ring (bicyclic) bond motifs is 1. The van der Waals surface area contributed by atoms with Gasteiger partial charge in [-0.2, -0.15) is 5.10 Å². The third kappa shape index (κ3) is 4.89. The topological polar surface area (TPSA) is 61.2 Å². The van der Waals surface area contributed by atoms with Crippen molar-refractivity contribution in [1.82, 2.24) is 9.78 Å². The summed E-state index contributed by atoms with van der Waals surface area (Å²) in [6, 6.07) is 1.98. The highest BCUT2D eigenvalue weighted by molar-refractivity contribution is 7.99. The van der Waals surface area contributed by atoms with Crippen LogP contribution >= 0.6 is 11.8 Å². The van der Waals surface area contributed by atoms with Gasteiger partial charge < -0.3 is 4.74 Å². The third-order valence-corrected chi connectivity index (χ3v) is 7.42. The summed E-state index contributed by atoms with van der Waals surface area (Å²) in [5, 5.41) is 4.21. The number of hydrogen-bond donors (Lipinski definition) is 0. The van der Waals surface area contributed by atoms with Crippen LogP contribution in [0, 0.1) is 13.8 Å². The summed E-state index contributed by atoms with van der Waals surface area (Å²) in [4.78, 5) is 27.2. The van der Waals surface area contributed by atoms with Crippen LogP contribution in [0.4, 0.5) is 0 Å². The number of carbonyl (C=O) groups is 2. The summed E-state index contributed by atoms with van der Waals surface area (Å²) >= 11 is 1.88. The molecular formula is C25H34N2O3S. The highest BCUT2D eigenvalue weighted by Gasteiger charge is 2.33. The molecule has 0 N–H and O–H groups in total. The van der Waals surface area contributed by atoms with Crippen molar-refractivity contribution in [1.29, 1.82) is 0 Å². The lowest BCUT2D eigenvalue weighted by Gasteiger charge is -2.35. The zero-order valence-corrected chi connectivity index (χ0v) is 20.4. The van der Waals surface area contributed by atoms with E-state index in [0.29, 0.717) is 17.5 Å². The fraction of sp³-hybridized carbons (Fsp3) is 0.560. The minimum absolute atomic E-state index is 0.0223. The lowest BCUT2D eigenvalue weighted by molar-refractivity contribution is -0.135. The molecule has 1 aromatic carbocycles. The fourth-order valence-corrected chi connectivity index (χ4v) is 6.04. The van der Waals surface area contributed by atoms with Gasteiger partial charge in [-0.3, -0.25) is 9.59 Å². The molecule has 0 fully saturated rings. The van der Waals surface area contributed by atoms with Gasteiger partial charge in [0.05, 0.1) is 6.20 Å². The Hall–Kier alpha value is -2.08. The van der Waals surface area contributed by atoms with Gasteiger partial charge in [0.1, 0.15) is 5.56 Å². The Kier molecular flexibility index (Phi) is 7.30. The minimum Gasteiger partial charge on any atom is -0.407 e. The first-order valence-electron chi connectivity index (χ1n) is 11.2. The van der Waals surface area contributed by atoms with E-state index in [1.165, 1.54) is 21.3 Å². The number of esters is 1. The summed E-state index contributed by atoms with van der Waals surface area (Å²) in [5.74, 6) is 0.865. The van der Waals surface area contributed by atoms with Gasteiger partial charge in [-0.1, -0.05) is 40.0 Å². The summed E-state index contributed by atoms with van der Waals surface area (Å²) < 4.78 is 7.07. The Morgan fingerprint density at radius 1 is 1.19 bits per heavy atom. The first kappa shape index (κ1) is 23.6. The molecule has 0 saturated heterocycles. The van der Waals surface area contributed by atoms with Crippen molar-refractivity contribution in [3.63, 3.8) is 0 Å². The van der Waals surface area contributed by atoms with Crippen molar-refractivity contribution in [2.24, 2.45) is 7.05 Å². The van der Waals surface area contributed by atoms with E-state index in [1.807, 2.05) is 24.8 Å². The number of benzene rings is 1. The van der Waals surface area contributed by atoms with Crippen LogP contribution in [0.5, 0.6) is 5.88 Å². The lowest BCUT2D eigenvalue weighted by Crippen LogP contribution is -2.26. The predicted molar refractivity (Wildman–Crippen MR) is 125 cm³/mol. The Bertz CT molecular complexity index is 991. The summed E-state index contributed by atoms with van der Waals surface area (Å²) in [7, 11) is 1.70. The maximum Gasteiger partial charge on any atom is 0.312 e. The Labute approximate surface area is 189 Å². The first-order valence-corrected chi connectivity index (χ1v) is 12.2. The molecule has 0 aliphatic carbocycles. The molecule has 0 unspecified atom stereocenters. The van der Waals surface area contributed by atoms with Crippen LogP contribution in [0.15, 0.2) is 17.2 Å². The van der Waals surface area contributed by atoms with E-state index in [1.54, 1.807) is 7.05 Å². The molecule has 1 aliphatic heterocycles. The van der Waals surface area contributed by atoms with Gasteiger partial charge in [0.25, 0.3) is 0 Å². The van der Waals surface area contributed by atoms with Gasteiger partial charge in [0.2, 0.25) is 5.88 Å². The molecule has 6 heteroatoms. The van der Waals surface area contributed by atoms with Crippen LogP contribution < -0.4 is 4.74 Å². The van der Waals surface area contributed by atoms with Gasteiger partial charge in [-0.05, 0) is 60.6 Å². The SMILES string of the molecule is CCCCCCC(=O)Oc1c(C(=O)c2cc(C)c3c(c2C)C(C)(C)CCS3)cnn1C. The second-order valence-corrected chi connectivity index (χ2v) is 10.3. The normalized spacial score (nSPS) is 14.9. The van der Waals surface area contributed by atoms with Crippen molar-refractivity contribution in [2.45, 2.75) is 83.5 Å². The van der Waals surface area contributed by atoms with Crippen LogP contribution in [-0.2, 0) is 17.3 Å². The molecule has 5 nitrogen and oxygen atoms in total. The van der Waals surface area contributed by atoms with Crippen LogP contribution in [0.2, 0.25) is 0 Å². The molecule has 168 valence electrons. The van der Waals surface area contributed by atoms with E-state index in [2.05, 4.69) is 32.8 Å². The smallest absolute Gasteiger partial charge is 0.312 e. The number of rotatable bonds is 8. The molecule has 2 heterocycles. The Morgan fingerprint density at radius 3 is 2.65 bits per heavy atom. The number of aryl methyl sites for hydroxylation is 2. The maximum absolute atomic E-state index is 13.6. The zero-order valence-electron chi connectivity index (χ0n) is 19.6. The monoisotopic (exact) mass is 442 g/mol. The minimum atomic E-state index is -0.315. The number of unbranched alkanes of at least 4 members (excludes halogenated alkanes) is 3. The van der Waals surface area contributed by atoms with Gasteiger partial charge >= 0.3 is 5.97 Å². The molecule has 0 radical (unpaired) electrons. The van der Waals surface area contributed by atoms with Gasteiger partial charge in [0, 0.05) is 23.9 Å². The van der Waals surface area contributed by atoms with E-state index in [-0.39, 0.29) is 23.0 Å². The van der Waals surface area contributed by atoms with Crippen molar-refractivity contribution < 1.29 is 14.3 Å². The largest absolute Gasteiger partial charge is 0.407 e. The van der Waals surface area contributed by atoms with Crippen LogP contribution in [-0.4, -0.2) is 27.3 Å². The summed E-state index contributed by atoms with van der Waals surface area (Å²) in [6.45, 7) is 10.7. The fourth-order valence-electron chi connectivity index (χ4n) is 4.37. The predicted octanol–water partition coefficient (Wildman–Crippen LogP) is 5.92. The van der Waals surface area contributed by atoms with Crippen LogP contribution in [0.25, 0.3) is 0 Å². The number of aromatic nitrogens is 2. The molecule has 2 aromatic rings. The maximum atomic E-state index is 13.6.